The fourth-order valence-electron chi connectivity index (χ4n) is 1.02. The molecule has 1 amide bonds. The van der Waals surface area contributed by atoms with Gasteiger partial charge in [-0.1, -0.05) is 18.2 Å². The van der Waals surface area contributed by atoms with Crippen molar-refractivity contribution < 1.29 is 9.53 Å². The zero-order chi connectivity index (χ0) is 11.1. The zero-order valence-electron chi connectivity index (χ0n) is 8.62. The number of nitrogens with two attached hydrogens (primary N) is 1. The third-order valence-electron chi connectivity index (χ3n) is 1.92. The van der Waals surface area contributed by atoms with Crippen LogP contribution in [-0.2, 0) is 9.53 Å². The van der Waals surface area contributed by atoms with E-state index >= 15 is 0 Å². The summed E-state index contributed by atoms with van der Waals surface area (Å²) in [6.45, 7) is 6.88. The fraction of sp³-hybridized carbons (Fsp3) is 0.667. The molecule has 0 saturated heterocycles. The van der Waals surface area contributed by atoms with Gasteiger partial charge in [0.05, 0.1) is 12.6 Å². The van der Waals surface area contributed by atoms with Crippen molar-refractivity contribution in [3.05, 3.63) is 11.6 Å². The van der Waals surface area contributed by atoms with Gasteiger partial charge in [-0.05, 0) is 6.92 Å². The van der Waals surface area contributed by atoms with Gasteiger partial charge in [-0.25, -0.2) is 0 Å². The van der Waals surface area contributed by atoms with E-state index in [-0.39, 0.29) is 11.9 Å². The highest BCUT2D eigenvalue weighted by Crippen LogP contribution is 2.05. The van der Waals surface area contributed by atoms with Gasteiger partial charge in [-0.15, -0.1) is 0 Å². The maximum Gasteiger partial charge on any atom is 0.234 e. The summed E-state index contributed by atoms with van der Waals surface area (Å²) in [5, 5.41) is 0.481. The predicted octanol–water partition coefficient (Wildman–Crippen LogP) is 0.561. The summed E-state index contributed by atoms with van der Waals surface area (Å²) in [4.78, 5) is 12.8. The van der Waals surface area contributed by atoms with Gasteiger partial charge >= 0.3 is 0 Å². The van der Waals surface area contributed by atoms with Crippen LogP contribution in [0.15, 0.2) is 11.6 Å². The minimum absolute atomic E-state index is 0.361. The van der Waals surface area contributed by atoms with Crippen molar-refractivity contribution in [1.82, 2.24) is 4.90 Å². The van der Waals surface area contributed by atoms with Crippen LogP contribution in [0.25, 0.3) is 0 Å². The number of hydrogen-bond donors (Lipinski definition) is 1. The molecule has 1 atom stereocenters. The molecule has 1 unspecified atom stereocenters. The lowest BCUT2D eigenvalue weighted by Gasteiger charge is -2.25. The van der Waals surface area contributed by atoms with Crippen molar-refractivity contribution in [3.63, 3.8) is 0 Å². The summed E-state index contributed by atoms with van der Waals surface area (Å²) >= 11 is 5.67. The number of carbonyl (C=O) groups is 1. The van der Waals surface area contributed by atoms with E-state index in [2.05, 4.69) is 6.58 Å². The molecule has 0 aromatic carbocycles. The maximum atomic E-state index is 11.0. The first-order valence-electron chi connectivity index (χ1n) is 4.34. The number of nitrogens with zero attached hydrogens (tertiary/aromatic N) is 1. The van der Waals surface area contributed by atoms with Gasteiger partial charge in [0.2, 0.25) is 5.91 Å². The van der Waals surface area contributed by atoms with E-state index in [4.69, 9.17) is 22.1 Å². The van der Waals surface area contributed by atoms with Crippen molar-refractivity contribution in [2.75, 3.05) is 26.8 Å². The molecule has 0 aromatic rings. The van der Waals surface area contributed by atoms with Gasteiger partial charge in [-0.2, -0.15) is 0 Å². The minimum atomic E-state index is -0.376. The van der Waals surface area contributed by atoms with E-state index in [0.29, 0.717) is 24.7 Å². The van der Waals surface area contributed by atoms with Crippen molar-refractivity contribution >= 4 is 17.5 Å². The molecule has 4 nitrogen and oxygen atoms in total. The molecule has 2 N–H and O–H groups in total. The molecule has 82 valence electrons. The number of methoxy groups -OCH3 is 1. The topological polar surface area (TPSA) is 55.6 Å². The SMILES string of the molecule is C=C(Cl)CN(CCOC)C(C)C(N)=O. The summed E-state index contributed by atoms with van der Waals surface area (Å²) < 4.78 is 4.92. The normalized spacial score (nSPS) is 12.9. The molecule has 0 heterocycles. The predicted molar refractivity (Wildman–Crippen MR) is 57.1 cm³/mol. The Morgan fingerprint density at radius 1 is 1.71 bits per heavy atom. The molecule has 0 aliphatic carbocycles. The Morgan fingerprint density at radius 3 is 2.64 bits per heavy atom. The molecule has 0 fully saturated rings. The van der Waals surface area contributed by atoms with Crippen LogP contribution in [0, 0.1) is 0 Å². The van der Waals surface area contributed by atoms with E-state index in [1.165, 1.54) is 0 Å². The largest absolute Gasteiger partial charge is 0.383 e. The molecular formula is C9H17ClN2O2. The first kappa shape index (κ1) is 13.4. The number of halogens is 1. The first-order chi connectivity index (χ1) is 6.49. The van der Waals surface area contributed by atoms with E-state index < -0.39 is 0 Å². The Labute approximate surface area is 89.6 Å². The molecule has 5 heteroatoms. The second-order valence-corrected chi connectivity index (χ2v) is 3.59. The summed E-state index contributed by atoms with van der Waals surface area (Å²) in [6.07, 6.45) is 0. The number of rotatable bonds is 7. The molecule has 0 spiro atoms. The third kappa shape index (κ3) is 5.21. The summed E-state index contributed by atoms with van der Waals surface area (Å²) in [6, 6.07) is -0.361. The highest BCUT2D eigenvalue weighted by Gasteiger charge is 2.18. The smallest absolute Gasteiger partial charge is 0.234 e. The molecule has 0 aliphatic rings. The number of hydrogen-bond acceptors (Lipinski definition) is 3. The molecule has 0 bridgehead atoms. The fourth-order valence-corrected chi connectivity index (χ4v) is 1.17. The molecule has 0 saturated carbocycles. The van der Waals surface area contributed by atoms with Crippen LogP contribution in [0.3, 0.4) is 0 Å². The average Bonchev–Trinajstić information content (AvgIpc) is 2.10. The summed E-state index contributed by atoms with van der Waals surface area (Å²) in [7, 11) is 1.60. The van der Waals surface area contributed by atoms with Crippen LogP contribution in [0.4, 0.5) is 0 Å². The molecular weight excluding hydrogens is 204 g/mol. The number of carbonyl (C=O) groups excluding carboxylic acids is 1. The van der Waals surface area contributed by atoms with Crippen molar-refractivity contribution in [2.24, 2.45) is 5.73 Å². The van der Waals surface area contributed by atoms with Gasteiger partial charge in [0.25, 0.3) is 0 Å². The summed E-state index contributed by atoms with van der Waals surface area (Å²) in [5.74, 6) is -0.376. The van der Waals surface area contributed by atoms with Crippen LogP contribution in [0.1, 0.15) is 6.92 Å². The van der Waals surface area contributed by atoms with Crippen molar-refractivity contribution in [2.45, 2.75) is 13.0 Å². The van der Waals surface area contributed by atoms with Gasteiger partial charge in [0.15, 0.2) is 0 Å². The number of amides is 1. The van der Waals surface area contributed by atoms with Gasteiger partial charge in [0.1, 0.15) is 0 Å². The second kappa shape index (κ2) is 6.81. The van der Waals surface area contributed by atoms with E-state index in [9.17, 15) is 4.79 Å². The number of ether oxygens (including phenoxy) is 1. The Morgan fingerprint density at radius 2 is 2.29 bits per heavy atom. The Bertz CT molecular complexity index is 209. The van der Waals surface area contributed by atoms with Gasteiger partial charge < -0.3 is 10.5 Å². The Hall–Kier alpha value is -0.580. The second-order valence-electron chi connectivity index (χ2n) is 3.06. The van der Waals surface area contributed by atoms with Gasteiger partial charge in [-0.3, -0.25) is 9.69 Å². The van der Waals surface area contributed by atoms with E-state index in [1.807, 2.05) is 4.90 Å². The number of primary amides is 1. The van der Waals surface area contributed by atoms with Crippen LogP contribution in [0.2, 0.25) is 0 Å². The van der Waals surface area contributed by atoms with Gasteiger partial charge in [0, 0.05) is 25.2 Å². The highest BCUT2D eigenvalue weighted by atomic mass is 35.5. The van der Waals surface area contributed by atoms with E-state index in [1.54, 1.807) is 14.0 Å². The average molecular weight is 221 g/mol. The zero-order valence-corrected chi connectivity index (χ0v) is 9.38. The van der Waals surface area contributed by atoms with Crippen LogP contribution >= 0.6 is 11.6 Å². The standard InChI is InChI=1S/C9H17ClN2O2/c1-7(10)6-12(4-5-14-3)8(2)9(11)13/h8H,1,4-6H2,2-3H3,(H2,11,13). The lowest BCUT2D eigenvalue weighted by molar-refractivity contribution is -0.122. The molecule has 0 rings (SSSR count). The molecule has 0 radical (unpaired) electrons. The molecule has 0 aliphatic heterocycles. The lowest BCUT2D eigenvalue weighted by atomic mass is 10.2. The Balaban J connectivity index is 4.22. The van der Waals surface area contributed by atoms with Crippen molar-refractivity contribution in [3.8, 4) is 0 Å². The van der Waals surface area contributed by atoms with Crippen LogP contribution in [-0.4, -0.2) is 43.7 Å². The Kier molecular flexibility index (Phi) is 6.53. The monoisotopic (exact) mass is 220 g/mol. The van der Waals surface area contributed by atoms with Crippen LogP contribution in [0.5, 0.6) is 0 Å². The quantitative estimate of drug-likeness (QED) is 0.682. The van der Waals surface area contributed by atoms with E-state index in [0.717, 1.165) is 0 Å². The highest BCUT2D eigenvalue weighted by molar-refractivity contribution is 6.29. The minimum Gasteiger partial charge on any atom is -0.383 e. The van der Waals surface area contributed by atoms with Crippen LogP contribution < -0.4 is 5.73 Å². The lowest BCUT2D eigenvalue weighted by Crippen LogP contribution is -2.44. The van der Waals surface area contributed by atoms with Crippen molar-refractivity contribution in [1.29, 1.82) is 0 Å². The summed E-state index contributed by atoms with van der Waals surface area (Å²) in [5.41, 5.74) is 5.19. The molecule has 0 aromatic heterocycles. The molecule has 14 heavy (non-hydrogen) atoms. The maximum absolute atomic E-state index is 11.0. The third-order valence-corrected chi connectivity index (χ3v) is 2.04. The first-order valence-corrected chi connectivity index (χ1v) is 4.72.